The van der Waals surface area contributed by atoms with E-state index in [2.05, 4.69) is 10.4 Å². The van der Waals surface area contributed by atoms with Gasteiger partial charge < -0.3 is 15.0 Å². The minimum atomic E-state index is -0.436. The number of nitrogens with zero attached hydrogens (tertiary/aromatic N) is 3. The molecule has 0 bridgehead atoms. The number of benzene rings is 1. The van der Waals surface area contributed by atoms with Gasteiger partial charge in [-0.15, -0.1) is 0 Å². The molecule has 1 N–H and O–H groups in total. The van der Waals surface area contributed by atoms with Crippen LogP contribution < -0.4 is 10.1 Å². The van der Waals surface area contributed by atoms with E-state index in [4.69, 9.17) is 4.74 Å². The van der Waals surface area contributed by atoms with Gasteiger partial charge in [0, 0.05) is 50.5 Å². The second-order valence-corrected chi connectivity index (χ2v) is 9.14. The standard InChI is InChI=1S/C24H32N4O3/c1-16-13-17(2)28(26-16)18(3)14-22(29)25-20-15-24(10-9-23(30)27(4)12-11-24)31-21-8-6-5-7-19(20)21/h5-8,13,18,20H,9-12,14-15H2,1-4H3,(H,25,29)/t18-,20-,24-/m1/s1. The number of hydrogen-bond donors (Lipinski definition) is 1. The van der Waals surface area contributed by atoms with E-state index >= 15 is 0 Å². The van der Waals surface area contributed by atoms with Gasteiger partial charge in [0.25, 0.3) is 0 Å². The van der Waals surface area contributed by atoms with Gasteiger partial charge in [0.05, 0.1) is 17.8 Å². The van der Waals surface area contributed by atoms with Crippen LogP contribution in [0, 0.1) is 13.8 Å². The minimum Gasteiger partial charge on any atom is -0.487 e. The molecule has 2 aromatic rings. The van der Waals surface area contributed by atoms with E-state index in [0.717, 1.165) is 29.1 Å². The predicted octanol–water partition coefficient (Wildman–Crippen LogP) is 3.47. The Hall–Kier alpha value is -2.83. The first-order chi connectivity index (χ1) is 14.8. The highest BCUT2D eigenvalue weighted by molar-refractivity contribution is 5.77. The van der Waals surface area contributed by atoms with Crippen LogP contribution in [0.2, 0.25) is 0 Å². The Balaban J connectivity index is 1.52. The number of hydrogen-bond acceptors (Lipinski definition) is 4. The average molecular weight is 425 g/mol. The van der Waals surface area contributed by atoms with Crippen LogP contribution in [0.5, 0.6) is 5.75 Å². The summed E-state index contributed by atoms with van der Waals surface area (Å²) in [6, 6.07) is 9.77. The Kier molecular flexibility index (Phi) is 5.77. The lowest BCUT2D eigenvalue weighted by Crippen LogP contribution is -2.46. The number of amides is 2. The molecule has 4 rings (SSSR count). The lowest BCUT2D eigenvalue weighted by molar-refractivity contribution is -0.129. The summed E-state index contributed by atoms with van der Waals surface area (Å²) in [5.41, 5.74) is 2.58. The van der Waals surface area contributed by atoms with Crippen LogP contribution in [0.15, 0.2) is 30.3 Å². The Morgan fingerprint density at radius 2 is 2.10 bits per heavy atom. The molecule has 2 aliphatic heterocycles. The monoisotopic (exact) mass is 424 g/mol. The third-order valence-corrected chi connectivity index (χ3v) is 6.60. The smallest absolute Gasteiger partial charge is 0.222 e. The van der Waals surface area contributed by atoms with E-state index < -0.39 is 5.60 Å². The first kappa shape index (κ1) is 21.4. The van der Waals surface area contributed by atoms with Crippen molar-refractivity contribution in [3.8, 4) is 5.75 Å². The highest BCUT2D eigenvalue weighted by Gasteiger charge is 2.43. The third-order valence-electron chi connectivity index (χ3n) is 6.60. The third kappa shape index (κ3) is 4.45. The van der Waals surface area contributed by atoms with Gasteiger partial charge in [0.2, 0.25) is 11.8 Å². The van der Waals surface area contributed by atoms with Gasteiger partial charge in [-0.1, -0.05) is 18.2 Å². The summed E-state index contributed by atoms with van der Waals surface area (Å²) < 4.78 is 8.39. The number of para-hydroxylation sites is 1. The molecule has 7 nitrogen and oxygen atoms in total. The topological polar surface area (TPSA) is 76.5 Å². The van der Waals surface area contributed by atoms with E-state index in [-0.39, 0.29) is 23.9 Å². The van der Waals surface area contributed by atoms with Gasteiger partial charge in [0.1, 0.15) is 11.4 Å². The Morgan fingerprint density at radius 3 is 2.84 bits per heavy atom. The molecule has 0 saturated carbocycles. The van der Waals surface area contributed by atoms with Gasteiger partial charge in [-0.05, 0) is 39.3 Å². The summed E-state index contributed by atoms with van der Waals surface area (Å²) in [6.45, 7) is 6.66. The van der Waals surface area contributed by atoms with Gasteiger partial charge in [-0.3, -0.25) is 14.3 Å². The number of aromatic nitrogens is 2. The number of nitrogens with one attached hydrogen (secondary N) is 1. The number of likely N-dealkylation sites (tertiary alicyclic amines) is 1. The van der Waals surface area contributed by atoms with Crippen molar-refractivity contribution in [3.63, 3.8) is 0 Å². The lowest BCUT2D eigenvalue weighted by Gasteiger charge is -2.42. The molecule has 2 aliphatic rings. The Labute approximate surface area is 183 Å². The molecular formula is C24H32N4O3. The highest BCUT2D eigenvalue weighted by Crippen LogP contribution is 2.44. The summed E-state index contributed by atoms with van der Waals surface area (Å²) in [5, 5.41) is 7.78. The summed E-state index contributed by atoms with van der Waals surface area (Å²) in [4.78, 5) is 27.0. The van der Waals surface area contributed by atoms with Crippen molar-refractivity contribution in [1.29, 1.82) is 0 Å². The lowest BCUT2D eigenvalue weighted by atomic mass is 9.82. The van der Waals surface area contributed by atoms with Crippen LogP contribution in [0.25, 0.3) is 0 Å². The summed E-state index contributed by atoms with van der Waals surface area (Å²) in [6.07, 6.45) is 2.92. The van der Waals surface area contributed by atoms with Crippen molar-refractivity contribution in [1.82, 2.24) is 20.0 Å². The minimum absolute atomic E-state index is 0.00118. The maximum absolute atomic E-state index is 13.0. The highest BCUT2D eigenvalue weighted by atomic mass is 16.5. The quantitative estimate of drug-likeness (QED) is 0.815. The summed E-state index contributed by atoms with van der Waals surface area (Å²) in [5.74, 6) is 0.958. The number of ether oxygens (including phenoxy) is 1. The zero-order valence-electron chi connectivity index (χ0n) is 18.9. The number of rotatable bonds is 4. The second kappa shape index (κ2) is 8.36. The maximum Gasteiger partial charge on any atom is 0.222 e. The van der Waals surface area contributed by atoms with E-state index in [9.17, 15) is 9.59 Å². The van der Waals surface area contributed by atoms with Gasteiger partial charge >= 0.3 is 0 Å². The van der Waals surface area contributed by atoms with Crippen molar-refractivity contribution in [2.45, 2.75) is 70.6 Å². The average Bonchev–Trinajstić information content (AvgIpc) is 3.01. The number of carbonyl (C=O) groups excluding carboxylic acids is 2. The Morgan fingerprint density at radius 1 is 1.32 bits per heavy atom. The molecule has 2 amide bonds. The maximum atomic E-state index is 13.0. The molecule has 31 heavy (non-hydrogen) atoms. The molecule has 0 radical (unpaired) electrons. The molecule has 3 atom stereocenters. The van der Waals surface area contributed by atoms with E-state index in [0.29, 0.717) is 32.2 Å². The fraction of sp³-hybridized carbons (Fsp3) is 0.542. The molecular weight excluding hydrogens is 392 g/mol. The number of aryl methyl sites for hydroxylation is 2. The van der Waals surface area contributed by atoms with Crippen molar-refractivity contribution in [2.24, 2.45) is 0 Å². The Bertz CT molecular complexity index is 985. The summed E-state index contributed by atoms with van der Waals surface area (Å²) in [7, 11) is 1.84. The van der Waals surface area contributed by atoms with E-state index in [1.807, 2.05) is 62.8 Å². The van der Waals surface area contributed by atoms with Crippen LogP contribution >= 0.6 is 0 Å². The molecule has 3 heterocycles. The van der Waals surface area contributed by atoms with Crippen LogP contribution in [-0.4, -0.2) is 45.7 Å². The largest absolute Gasteiger partial charge is 0.487 e. The normalized spacial score (nSPS) is 24.3. The summed E-state index contributed by atoms with van der Waals surface area (Å²) >= 11 is 0. The number of fused-ring (bicyclic) bond motifs is 1. The number of carbonyl (C=O) groups is 2. The fourth-order valence-electron chi connectivity index (χ4n) is 4.90. The molecule has 1 aromatic heterocycles. The van der Waals surface area contributed by atoms with Crippen LogP contribution in [0.3, 0.4) is 0 Å². The van der Waals surface area contributed by atoms with E-state index in [1.54, 1.807) is 4.90 Å². The molecule has 0 aliphatic carbocycles. The first-order valence-corrected chi connectivity index (χ1v) is 11.1. The van der Waals surface area contributed by atoms with Gasteiger partial charge in [0.15, 0.2) is 0 Å². The van der Waals surface area contributed by atoms with Gasteiger partial charge in [-0.2, -0.15) is 5.10 Å². The molecule has 7 heteroatoms. The van der Waals surface area contributed by atoms with Crippen molar-refractivity contribution in [2.75, 3.05) is 13.6 Å². The zero-order valence-corrected chi connectivity index (χ0v) is 18.9. The molecule has 1 saturated heterocycles. The van der Waals surface area contributed by atoms with Crippen LogP contribution in [0.4, 0.5) is 0 Å². The molecule has 1 aromatic carbocycles. The predicted molar refractivity (Wildman–Crippen MR) is 118 cm³/mol. The van der Waals surface area contributed by atoms with Crippen molar-refractivity contribution >= 4 is 11.8 Å². The second-order valence-electron chi connectivity index (χ2n) is 9.14. The van der Waals surface area contributed by atoms with Crippen LogP contribution in [-0.2, 0) is 9.59 Å². The van der Waals surface area contributed by atoms with Crippen molar-refractivity contribution in [3.05, 3.63) is 47.3 Å². The van der Waals surface area contributed by atoms with Gasteiger partial charge in [-0.25, -0.2) is 0 Å². The molecule has 166 valence electrons. The first-order valence-electron chi connectivity index (χ1n) is 11.1. The van der Waals surface area contributed by atoms with Crippen molar-refractivity contribution < 1.29 is 14.3 Å². The molecule has 0 unspecified atom stereocenters. The SMILES string of the molecule is Cc1cc(C)n([C@H](C)CC(=O)N[C@@H]2C[C@]3(CCC(=O)N(C)CC3)Oc3ccccc32)n1. The fourth-order valence-corrected chi connectivity index (χ4v) is 4.90. The van der Waals surface area contributed by atoms with E-state index in [1.165, 1.54) is 0 Å². The van der Waals surface area contributed by atoms with Crippen LogP contribution in [0.1, 0.15) is 68.1 Å². The zero-order chi connectivity index (χ0) is 22.2. The molecule has 1 fully saturated rings. The molecule has 1 spiro atoms.